The number of carbonyl (C=O) groups excluding carboxylic acids is 1. The molecule has 28 heavy (non-hydrogen) atoms. The minimum absolute atomic E-state index is 0.132. The van der Waals surface area contributed by atoms with Gasteiger partial charge in [0.2, 0.25) is 0 Å². The van der Waals surface area contributed by atoms with Crippen molar-refractivity contribution in [1.29, 1.82) is 0 Å². The molecule has 0 saturated heterocycles. The Morgan fingerprint density at radius 2 is 1.75 bits per heavy atom. The number of aromatic hydroxyl groups is 1. The average Bonchev–Trinajstić information content (AvgIpc) is 2.72. The maximum atomic E-state index is 12.3. The van der Waals surface area contributed by atoms with Gasteiger partial charge >= 0.3 is 0 Å². The number of hydrogen-bond donors (Lipinski definition) is 1. The van der Waals surface area contributed by atoms with Crippen LogP contribution in [0.15, 0.2) is 72.8 Å². The fraction of sp³-hybridized carbons (Fsp3) is 0.0870. The van der Waals surface area contributed by atoms with Gasteiger partial charge in [0.25, 0.3) is 0 Å². The Balaban J connectivity index is 1.73. The van der Waals surface area contributed by atoms with E-state index in [1.54, 1.807) is 25.3 Å². The summed E-state index contributed by atoms with van der Waals surface area (Å²) in [5, 5.41) is 9.32. The number of hydrogen-bond acceptors (Lipinski definition) is 4. The SMILES string of the molecule is COc1ccc(/C=C/C(=O)c2ccc(O)cc2)cc1COc1ccc(I)cc1. The summed E-state index contributed by atoms with van der Waals surface area (Å²) in [4.78, 5) is 12.3. The molecule has 0 radical (unpaired) electrons. The molecule has 3 rings (SSSR count). The van der Waals surface area contributed by atoms with Crippen LogP contribution in [-0.4, -0.2) is 18.0 Å². The van der Waals surface area contributed by atoms with E-state index in [4.69, 9.17) is 9.47 Å². The highest BCUT2D eigenvalue weighted by Gasteiger charge is 2.06. The number of benzene rings is 3. The van der Waals surface area contributed by atoms with E-state index in [9.17, 15) is 9.90 Å². The molecule has 142 valence electrons. The Morgan fingerprint density at radius 3 is 2.43 bits per heavy atom. The highest BCUT2D eigenvalue weighted by molar-refractivity contribution is 14.1. The summed E-state index contributed by atoms with van der Waals surface area (Å²) < 4.78 is 12.4. The number of rotatable bonds is 7. The molecule has 0 aromatic heterocycles. The van der Waals surface area contributed by atoms with Crippen LogP contribution in [-0.2, 0) is 6.61 Å². The zero-order valence-electron chi connectivity index (χ0n) is 15.3. The first-order valence-corrected chi connectivity index (χ1v) is 9.70. The Labute approximate surface area is 177 Å². The third-order valence-corrected chi connectivity index (χ3v) is 4.81. The van der Waals surface area contributed by atoms with E-state index in [0.29, 0.717) is 12.2 Å². The molecule has 0 saturated carbocycles. The highest BCUT2D eigenvalue weighted by atomic mass is 127. The van der Waals surface area contributed by atoms with Crippen LogP contribution in [0.1, 0.15) is 21.5 Å². The molecule has 0 aliphatic heterocycles. The third kappa shape index (κ3) is 5.36. The van der Waals surface area contributed by atoms with Crippen LogP contribution < -0.4 is 9.47 Å². The van der Waals surface area contributed by atoms with Gasteiger partial charge in [-0.25, -0.2) is 0 Å². The van der Waals surface area contributed by atoms with Crippen LogP contribution in [0.5, 0.6) is 17.2 Å². The number of halogens is 1. The molecule has 1 N–H and O–H groups in total. The first-order valence-electron chi connectivity index (χ1n) is 8.62. The second kappa shape index (κ2) is 9.41. The fourth-order valence-corrected chi connectivity index (χ4v) is 2.96. The molecule has 3 aromatic rings. The topological polar surface area (TPSA) is 55.8 Å². The van der Waals surface area contributed by atoms with Crippen LogP contribution in [0.3, 0.4) is 0 Å². The summed E-state index contributed by atoms with van der Waals surface area (Å²) in [6, 6.07) is 19.7. The highest BCUT2D eigenvalue weighted by Crippen LogP contribution is 2.23. The summed E-state index contributed by atoms with van der Waals surface area (Å²) in [7, 11) is 1.62. The first kappa shape index (κ1) is 19.9. The van der Waals surface area contributed by atoms with Gasteiger partial charge in [0.1, 0.15) is 23.9 Å². The standard InChI is InChI=1S/C23H19IO4/c1-27-23-13-3-16(2-12-22(26)17-4-8-20(25)9-5-17)14-18(23)15-28-21-10-6-19(24)7-11-21/h2-14,25H,15H2,1H3/b12-2+. The molecule has 0 aliphatic carbocycles. The number of ether oxygens (including phenoxy) is 2. The number of phenolic OH excluding ortho intramolecular Hbond substituents is 1. The fourth-order valence-electron chi connectivity index (χ4n) is 2.60. The lowest BCUT2D eigenvalue weighted by Gasteiger charge is -2.11. The second-order valence-electron chi connectivity index (χ2n) is 6.06. The molecule has 0 unspecified atom stereocenters. The van der Waals surface area contributed by atoms with Gasteiger partial charge in [0.05, 0.1) is 7.11 Å². The van der Waals surface area contributed by atoms with Gasteiger partial charge in [0, 0.05) is 14.7 Å². The lowest BCUT2D eigenvalue weighted by molar-refractivity contribution is 0.104. The first-order chi connectivity index (χ1) is 13.5. The van der Waals surface area contributed by atoms with Crippen molar-refractivity contribution in [1.82, 2.24) is 0 Å². The molecule has 0 bridgehead atoms. The van der Waals surface area contributed by atoms with Gasteiger partial charge in [-0.2, -0.15) is 0 Å². The molecule has 5 heteroatoms. The molecule has 0 heterocycles. The van der Waals surface area contributed by atoms with Crippen molar-refractivity contribution >= 4 is 34.5 Å². The molecule has 4 nitrogen and oxygen atoms in total. The smallest absolute Gasteiger partial charge is 0.185 e. The number of ketones is 1. The van der Waals surface area contributed by atoms with Crippen molar-refractivity contribution in [3.8, 4) is 17.2 Å². The number of phenols is 1. The van der Waals surface area contributed by atoms with Crippen molar-refractivity contribution < 1.29 is 19.4 Å². The summed E-state index contributed by atoms with van der Waals surface area (Å²) in [6.45, 7) is 0.358. The maximum Gasteiger partial charge on any atom is 0.185 e. The average molecular weight is 486 g/mol. The van der Waals surface area contributed by atoms with E-state index in [2.05, 4.69) is 22.6 Å². The molecular formula is C23H19IO4. The number of carbonyl (C=O) groups is 1. The monoisotopic (exact) mass is 486 g/mol. The number of methoxy groups -OCH3 is 1. The van der Waals surface area contributed by atoms with Crippen LogP contribution >= 0.6 is 22.6 Å². The van der Waals surface area contributed by atoms with E-state index >= 15 is 0 Å². The van der Waals surface area contributed by atoms with Gasteiger partial charge in [-0.15, -0.1) is 0 Å². The largest absolute Gasteiger partial charge is 0.508 e. The van der Waals surface area contributed by atoms with E-state index < -0.39 is 0 Å². The summed E-state index contributed by atoms with van der Waals surface area (Å²) in [5.74, 6) is 1.51. The van der Waals surface area contributed by atoms with Crippen LogP contribution in [0, 0.1) is 3.57 Å². The van der Waals surface area contributed by atoms with Crippen LogP contribution in [0.2, 0.25) is 0 Å². The zero-order chi connectivity index (χ0) is 19.9. The normalized spacial score (nSPS) is 10.8. The summed E-state index contributed by atoms with van der Waals surface area (Å²) in [5.41, 5.74) is 2.28. The Morgan fingerprint density at radius 1 is 1.04 bits per heavy atom. The lowest BCUT2D eigenvalue weighted by Crippen LogP contribution is -1.99. The van der Waals surface area contributed by atoms with Gasteiger partial charge in [-0.05, 0) is 94.9 Å². The van der Waals surface area contributed by atoms with Crippen molar-refractivity contribution in [3.05, 3.63) is 93.1 Å². The molecule has 0 atom stereocenters. The Hall–Kier alpha value is -2.80. The van der Waals surface area contributed by atoms with Gasteiger partial charge in [-0.1, -0.05) is 12.1 Å². The van der Waals surface area contributed by atoms with Gasteiger partial charge < -0.3 is 14.6 Å². The molecule has 3 aromatic carbocycles. The summed E-state index contributed by atoms with van der Waals surface area (Å²) >= 11 is 2.25. The van der Waals surface area contributed by atoms with Crippen molar-refractivity contribution in [3.63, 3.8) is 0 Å². The quantitative estimate of drug-likeness (QED) is 0.273. The Kier molecular flexibility index (Phi) is 6.71. The van der Waals surface area contributed by atoms with E-state index in [-0.39, 0.29) is 11.5 Å². The minimum atomic E-state index is -0.132. The van der Waals surface area contributed by atoms with Crippen molar-refractivity contribution in [2.45, 2.75) is 6.61 Å². The molecule has 0 fully saturated rings. The third-order valence-electron chi connectivity index (χ3n) is 4.09. The second-order valence-corrected chi connectivity index (χ2v) is 7.30. The van der Waals surface area contributed by atoms with Gasteiger partial charge in [0.15, 0.2) is 5.78 Å². The van der Waals surface area contributed by atoms with Crippen molar-refractivity contribution in [2.75, 3.05) is 7.11 Å². The van der Waals surface area contributed by atoms with Crippen molar-refractivity contribution in [2.24, 2.45) is 0 Å². The Bertz CT molecular complexity index is 976. The van der Waals surface area contributed by atoms with E-state index in [1.807, 2.05) is 42.5 Å². The van der Waals surface area contributed by atoms with Gasteiger partial charge in [-0.3, -0.25) is 4.79 Å². The molecule has 0 aliphatic rings. The molecule has 0 amide bonds. The van der Waals surface area contributed by atoms with Crippen LogP contribution in [0.25, 0.3) is 6.08 Å². The maximum absolute atomic E-state index is 12.3. The van der Waals surface area contributed by atoms with E-state index in [1.165, 1.54) is 18.2 Å². The minimum Gasteiger partial charge on any atom is -0.508 e. The number of allylic oxidation sites excluding steroid dienone is 1. The van der Waals surface area contributed by atoms with E-state index in [0.717, 1.165) is 26.2 Å². The molecular weight excluding hydrogens is 467 g/mol. The predicted octanol–water partition coefficient (Wildman–Crippen LogP) is 5.48. The zero-order valence-corrected chi connectivity index (χ0v) is 17.4. The summed E-state index contributed by atoms with van der Waals surface area (Å²) in [6.07, 6.45) is 3.26. The lowest BCUT2D eigenvalue weighted by atomic mass is 10.1. The molecule has 0 spiro atoms. The van der Waals surface area contributed by atoms with Crippen LogP contribution in [0.4, 0.5) is 0 Å². The predicted molar refractivity (Wildman–Crippen MR) is 118 cm³/mol.